The monoisotopic (exact) mass is 286 g/mol. The molecule has 5 heteroatoms. The third-order valence-corrected chi connectivity index (χ3v) is 2.97. The van der Waals surface area contributed by atoms with Crippen LogP contribution < -0.4 is 4.74 Å². The van der Waals surface area contributed by atoms with Crippen molar-refractivity contribution in [2.75, 3.05) is 0 Å². The Kier molecular flexibility index (Phi) is 3.31. The summed E-state index contributed by atoms with van der Waals surface area (Å²) in [7, 11) is 0. The quantitative estimate of drug-likeness (QED) is 0.791. The number of rotatable bonds is 3. The third kappa shape index (κ3) is 2.75. The number of nitrogens with zero attached hydrogens (tertiary/aromatic N) is 2. The molecule has 0 spiro atoms. The molecule has 0 saturated carbocycles. The number of aromatic hydroxyl groups is 1. The average Bonchev–Trinajstić information content (AvgIpc) is 2.91. The number of hydrogen-bond donors (Lipinski definition) is 1. The maximum atomic E-state index is 9.22. The van der Waals surface area contributed by atoms with Crippen molar-refractivity contribution < 1.29 is 9.84 Å². The van der Waals surface area contributed by atoms with E-state index in [-0.39, 0.29) is 5.75 Å². The Hall–Kier alpha value is -2.46. The van der Waals surface area contributed by atoms with Crippen molar-refractivity contribution >= 4 is 11.6 Å². The van der Waals surface area contributed by atoms with Crippen LogP contribution in [-0.2, 0) is 0 Å². The van der Waals surface area contributed by atoms with Gasteiger partial charge in [-0.1, -0.05) is 11.6 Å². The van der Waals surface area contributed by atoms with E-state index in [1.54, 1.807) is 53.5 Å². The van der Waals surface area contributed by atoms with E-state index in [0.717, 1.165) is 5.69 Å². The summed E-state index contributed by atoms with van der Waals surface area (Å²) in [5.74, 6) is 1.46. The lowest BCUT2D eigenvalue weighted by Crippen LogP contribution is -1.92. The van der Waals surface area contributed by atoms with Gasteiger partial charge in [-0.2, -0.15) is 5.10 Å². The highest BCUT2D eigenvalue weighted by Gasteiger charge is 2.03. The van der Waals surface area contributed by atoms with Crippen LogP contribution in [0, 0.1) is 0 Å². The Balaban J connectivity index is 1.80. The Labute approximate surface area is 120 Å². The largest absolute Gasteiger partial charge is 0.508 e. The van der Waals surface area contributed by atoms with Crippen molar-refractivity contribution in [3.05, 3.63) is 65.9 Å². The smallest absolute Gasteiger partial charge is 0.165 e. The van der Waals surface area contributed by atoms with Crippen LogP contribution in [0.4, 0.5) is 0 Å². The summed E-state index contributed by atoms with van der Waals surface area (Å²) in [6.07, 6.45) is 3.40. The summed E-state index contributed by atoms with van der Waals surface area (Å²) < 4.78 is 7.34. The zero-order chi connectivity index (χ0) is 13.9. The molecule has 0 atom stereocenters. The molecule has 2 aromatic carbocycles. The standard InChI is InChI=1S/C15H11ClN2O2/c16-11-1-3-12(4-2-11)18-10-15(9-17-18)20-14-7-5-13(19)6-8-14/h1-10,19H. The highest BCUT2D eigenvalue weighted by Crippen LogP contribution is 2.24. The molecule has 1 aromatic heterocycles. The topological polar surface area (TPSA) is 47.3 Å². The zero-order valence-electron chi connectivity index (χ0n) is 10.4. The Morgan fingerprint density at radius 3 is 2.35 bits per heavy atom. The van der Waals surface area contributed by atoms with Gasteiger partial charge in [-0.3, -0.25) is 0 Å². The summed E-state index contributed by atoms with van der Waals surface area (Å²) in [5.41, 5.74) is 0.898. The second-order valence-corrected chi connectivity index (χ2v) is 4.63. The van der Waals surface area contributed by atoms with Crippen LogP contribution in [-0.4, -0.2) is 14.9 Å². The molecule has 0 fully saturated rings. The van der Waals surface area contributed by atoms with Gasteiger partial charge in [0.1, 0.15) is 11.5 Å². The van der Waals surface area contributed by atoms with E-state index in [9.17, 15) is 5.11 Å². The Morgan fingerprint density at radius 1 is 0.950 bits per heavy atom. The minimum Gasteiger partial charge on any atom is -0.508 e. The van der Waals surface area contributed by atoms with Crippen LogP contribution in [0.1, 0.15) is 0 Å². The molecule has 1 heterocycles. The average molecular weight is 287 g/mol. The van der Waals surface area contributed by atoms with Crippen LogP contribution >= 0.6 is 11.6 Å². The van der Waals surface area contributed by atoms with Gasteiger partial charge in [0.05, 0.1) is 18.1 Å². The Bertz CT molecular complexity index is 705. The van der Waals surface area contributed by atoms with E-state index in [0.29, 0.717) is 16.5 Å². The molecule has 3 rings (SSSR count). The molecule has 0 aliphatic heterocycles. The number of aromatic nitrogens is 2. The molecule has 0 aliphatic carbocycles. The van der Waals surface area contributed by atoms with Gasteiger partial charge < -0.3 is 9.84 Å². The summed E-state index contributed by atoms with van der Waals surface area (Å²) >= 11 is 5.85. The van der Waals surface area contributed by atoms with Gasteiger partial charge in [-0.05, 0) is 48.5 Å². The predicted molar refractivity (Wildman–Crippen MR) is 76.8 cm³/mol. The van der Waals surface area contributed by atoms with E-state index in [1.807, 2.05) is 12.1 Å². The maximum absolute atomic E-state index is 9.22. The van der Waals surface area contributed by atoms with E-state index in [4.69, 9.17) is 16.3 Å². The normalized spacial score (nSPS) is 10.4. The molecule has 0 bridgehead atoms. The maximum Gasteiger partial charge on any atom is 0.165 e. The van der Waals surface area contributed by atoms with Gasteiger partial charge in [0.2, 0.25) is 0 Å². The molecule has 0 saturated heterocycles. The highest BCUT2D eigenvalue weighted by molar-refractivity contribution is 6.30. The number of hydrogen-bond acceptors (Lipinski definition) is 3. The lowest BCUT2D eigenvalue weighted by Gasteiger charge is -2.02. The SMILES string of the molecule is Oc1ccc(Oc2cnn(-c3ccc(Cl)cc3)c2)cc1. The molecular formula is C15H11ClN2O2. The molecule has 1 N–H and O–H groups in total. The first-order valence-corrected chi connectivity index (χ1v) is 6.36. The van der Waals surface area contributed by atoms with Crippen molar-refractivity contribution in [2.24, 2.45) is 0 Å². The Morgan fingerprint density at radius 2 is 1.65 bits per heavy atom. The van der Waals surface area contributed by atoms with E-state index in [1.165, 1.54) is 0 Å². The number of phenols is 1. The first-order chi connectivity index (χ1) is 9.70. The van der Waals surface area contributed by atoms with Gasteiger partial charge in [0, 0.05) is 5.02 Å². The number of halogens is 1. The molecular weight excluding hydrogens is 276 g/mol. The van der Waals surface area contributed by atoms with Crippen molar-refractivity contribution in [1.82, 2.24) is 9.78 Å². The van der Waals surface area contributed by atoms with Crippen LogP contribution in [0.15, 0.2) is 60.9 Å². The van der Waals surface area contributed by atoms with Gasteiger partial charge in [-0.25, -0.2) is 4.68 Å². The van der Waals surface area contributed by atoms with Crippen LogP contribution in [0.3, 0.4) is 0 Å². The molecule has 0 amide bonds. The van der Waals surface area contributed by atoms with Crippen LogP contribution in [0.5, 0.6) is 17.2 Å². The number of benzene rings is 2. The van der Waals surface area contributed by atoms with Crippen LogP contribution in [0.25, 0.3) is 5.69 Å². The lowest BCUT2D eigenvalue weighted by atomic mass is 10.3. The summed E-state index contributed by atoms with van der Waals surface area (Å²) in [4.78, 5) is 0. The lowest BCUT2D eigenvalue weighted by molar-refractivity contribution is 0.464. The molecule has 100 valence electrons. The van der Waals surface area contributed by atoms with Crippen molar-refractivity contribution in [1.29, 1.82) is 0 Å². The second kappa shape index (κ2) is 5.27. The van der Waals surface area contributed by atoms with E-state index in [2.05, 4.69) is 5.10 Å². The molecule has 3 aromatic rings. The van der Waals surface area contributed by atoms with Gasteiger partial charge >= 0.3 is 0 Å². The fourth-order valence-electron chi connectivity index (χ4n) is 1.74. The molecule has 0 radical (unpaired) electrons. The fraction of sp³-hybridized carbons (Fsp3) is 0. The van der Waals surface area contributed by atoms with E-state index < -0.39 is 0 Å². The second-order valence-electron chi connectivity index (χ2n) is 4.19. The molecule has 20 heavy (non-hydrogen) atoms. The molecule has 0 aliphatic rings. The number of phenolic OH excluding ortho intramolecular Hbond substituents is 1. The fourth-order valence-corrected chi connectivity index (χ4v) is 1.87. The third-order valence-electron chi connectivity index (χ3n) is 2.72. The molecule has 0 unspecified atom stereocenters. The van der Waals surface area contributed by atoms with Crippen LogP contribution in [0.2, 0.25) is 5.02 Å². The minimum atomic E-state index is 0.203. The number of ether oxygens (including phenoxy) is 1. The van der Waals surface area contributed by atoms with Crippen molar-refractivity contribution in [2.45, 2.75) is 0 Å². The van der Waals surface area contributed by atoms with Gasteiger partial charge in [-0.15, -0.1) is 0 Å². The summed E-state index contributed by atoms with van der Waals surface area (Å²) in [6, 6.07) is 13.9. The van der Waals surface area contributed by atoms with Gasteiger partial charge in [0.25, 0.3) is 0 Å². The zero-order valence-corrected chi connectivity index (χ0v) is 11.2. The predicted octanol–water partition coefficient (Wildman–Crippen LogP) is 4.02. The van der Waals surface area contributed by atoms with Crippen molar-refractivity contribution in [3.8, 4) is 22.9 Å². The first kappa shape index (κ1) is 12.6. The van der Waals surface area contributed by atoms with E-state index >= 15 is 0 Å². The summed E-state index contributed by atoms with van der Waals surface area (Å²) in [5, 5.41) is 14.1. The van der Waals surface area contributed by atoms with Crippen molar-refractivity contribution in [3.63, 3.8) is 0 Å². The highest BCUT2D eigenvalue weighted by atomic mass is 35.5. The summed E-state index contributed by atoms with van der Waals surface area (Å²) in [6.45, 7) is 0. The molecule has 4 nitrogen and oxygen atoms in total. The minimum absolute atomic E-state index is 0.203. The van der Waals surface area contributed by atoms with Gasteiger partial charge in [0.15, 0.2) is 5.75 Å². The first-order valence-electron chi connectivity index (χ1n) is 5.98.